The van der Waals surface area contributed by atoms with Crippen LogP contribution >= 0.6 is 0 Å². The molecule has 3 aromatic rings. The molecule has 0 aromatic heterocycles. The Labute approximate surface area is 206 Å². The van der Waals surface area contributed by atoms with Crippen LogP contribution in [0.4, 0.5) is 5.69 Å². The van der Waals surface area contributed by atoms with Crippen LogP contribution in [0.2, 0.25) is 0 Å². The number of aryl methyl sites for hydroxylation is 1. The summed E-state index contributed by atoms with van der Waals surface area (Å²) in [6.07, 6.45) is 3.30. The van der Waals surface area contributed by atoms with Crippen LogP contribution in [0.5, 0.6) is 0 Å². The van der Waals surface area contributed by atoms with Crippen molar-refractivity contribution in [2.45, 2.75) is 46.1 Å². The number of carbonyl (C=O) groups is 3. The highest BCUT2D eigenvalue weighted by Crippen LogP contribution is 2.22. The first-order valence-electron chi connectivity index (χ1n) is 11.9. The van der Waals surface area contributed by atoms with Gasteiger partial charge < -0.3 is 15.7 Å². The van der Waals surface area contributed by atoms with Gasteiger partial charge in [-0.25, -0.2) is 4.79 Å². The van der Waals surface area contributed by atoms with Gasteiger partial charge in [0.15, 0.2) is 0 Å². The van der Waals surface area contributed by atoms with Crippen molar-refractivity contribution >= 4 is 23.5 Å². The molecule has 2 amide bonds. The standard InChI is InChI=1S/C29H32N2O4/c1-4-5-6-20-7-9-23(10-8-20)27(32)30-25-17-15-22(16-18-25)21-11-13-24(14-12-21)28(33)31-26(19(2)3)29(34)35/h7-19,26H,4-6H2,1-3H3,(H,30,32)(H,31,33)(H,34,35)/t26-/m1/s1. The van der Waals surface area contributed by atoms with Crippen LogP contribution < -0.4 is 10.6 Å². The zero-order chi connectivity index (χ0) is 25.4. The lowest BCUT2D eigenvalue weighted by Crippen LogP contribution is -2.44. The van der Waals surface area contributed by atoms with Gasteiger partial charge in [-0.3, -0.25) is 9.59 Å². The third kappa shape index (κ3) is 7.03. The Balaban J connectivity index is 1.61. The number of benzene rings is 3. The van der Waals surface area contributed by atoms with E-state index < -0.39 is 17.9 Å². The van der Waals surface area contributed by atoms with E-state index in [1.165, 1.54) is 5.56 Å². The molecule has 1 atom stereocenters. The second kappa shape index (κ2) is 12.0. The predicted molar refractivity (Wildman–Crippen MR) is 139 cm³/mol. The first-order valence-corrected chi connectivity index (χ1v) is 11.9. The molecule has 0 aliphatic rings. The number of carboxylic acids is 1. The van der Waals surface area contributed by atoms with E-state index in [4.69, 9.17) is 0 Å². The Hall–Kier alpha value is -3.93. The molecule has 0 saturated heterocycles. The van der Waals surface area contributed by atoms with E-state index in [2.05, 4.69) is 17.6 Å². The molecule has 0 spiro atoms. The lowest BCUT2D eigenvalue weighted by atomic mass is 10.0. The summed E-state index contributed by atoms with van der Waals surface area (Å²) in [6.45, 7) is 5.66. The smallest absolute Gasteiger partial charge is 0.326 e. The van der Waals surface area contributed by atoms with E-state index in [0.29, 0.717) is 16.8 Å². The summed E-state index contributed by atoms with van der Waals surface area (Å²) in [5.74, 6) is -1.86. The minimum Gasteiger partial charge on any atom is -0.480 e. The SMILES string of the molecule is CCCCc1ccc(C(=O)Nc2ccc(-c3ccc(C(=O)N[C@@H](C(=O)O)C(C)C)cc3)cc2)cc1. The topological polar surface area (TPSA) is 95.5 Å². The first kappa shape index (κ1) is 25.7. The number of aliphatic carboxylic acids is 1. The molecule has 0 heterocycles. The van der Waals surface area contributed by atoms with Crippen molar-refractivity contribution in [2.24, 2.45) is 5.92 Å². The Bertz CT molecular complexity index is 1150. The molecule has 0 unspecified atom stereocenters. The molecule has 0 aliphatic carbocycles. The minimum atomic E-state index is -1.05. The van der Waals surface area contributed by atoms with Gasteiger partial charge in [0.05, 0.1) is 0 Å². The highest BCUT2D eigenvalue weighted by atomic mass is 16.4. The number of carbonyl (C=O) groups excluding carboxylic acids is 2. The van der Waals surface area contributed by atoms with Gasteiger partial charge in [-0.1, -0.05) is 63.6 Å². The summed E-state index contributed by atoms with van der Waals surface area (Å²) < 4.78 is 0. The van der Waals surface area contributed by atoms with Crippen molar-refractivity contribution < 1.29 is 19.5 Å². The van der Waals surface area contributed by atoms with E-state index in [0.717, 1.165) is 30.4 Å². The van der Waals surface area contributed by atoms with Crippen molar-refractivity contribution in [3.05, 3.63) is 89.5 Å². The molecule has 6 heteroatoms. The minimum absolute atomic E-state index is 0.156. The number of hydrogen-bond acceptors (Lipinski definition) is 3. The largest absolute Gasteiger partial charge is 0.480 e. The van der Waals surface area contributed by atoms with E-state index in [1.807, 2.05) is 60.7 Å². The number of hydrogen-bond donors (Lipinski definition) is 3. The van der Waals surface area contributed by atoms with E-state index in [9.17, 15) is 19.5 Å². The van der Waals surface area contributed by atoms with Crippen molar-refractivity contribution in [1.29, 1.82) is 0 Å². The molecule has 35 heavy (non-hydrogen) atoms. The second-order valence-corrected chi connectivity index (χ2v) is 8.94. The van der Waals surface area contributed by atoms with Crippen LogP contribution in [0.25, 0.3) is 11.1 Å². The molecule has 3 aromatic carbocycles. The Morgan fingerprint density at radius 3 is 1.80 bits per heavy atom. The van der Waals surface area contributed by atoms with Gasteiger partial charge in [-0.05, 0) is 71.8 Å². The Kier molecular flexibility index (Phi) is 8.79. The van der Waals surface area contributed by atoms with Crippen molar-refractivity contribution in [2.75, 3.05) is 5.32 Å². The zero-order valence-electron chi connectivity index (χ0n) is 20.4. The zero-order valence-corrected chi connectivity index (χ0v) is 20.4. The van der Waals surface area contributed by atoms with Gasteiger partial charge in [-0.15, -0.1) is 0 Å². The lowest BCUT2D eigenvalue weighted by Gasteiger charge is -2.18. The normalized spacial score (nSPS) is 11.7. The van der Waals surface area contributed by atoms with Crippen LogP contribution in [0, 0.1) is 5.92 Å². The number of carboxylic acid groups (broad SMARTS) is 1. The van der Waals surface area contributed by atoms with Crippen LogP contribution in [-0.4, -0.2) is 28.9 Å². The summed E-state index contributed by atoms with van der Waals surface area (Å²) in [5.41, 5.74) is 4.77. The third-order valence-corrected chi connectivity index (χ3v) is 5.88. The summed E-state index contributed by atoms with van der Waals surface area (Å²) >= 11 is 0. The maximum Gasteiger partial charge on any atom is 0.326 e. The molecule has 3 rings (SSSR count). The fraction of sp³-hybridized carbons (Fsp3) is 0.276. The van der Waals surface area contributed by atoms with Crippen LogP contribution in [0.3, 0.4) is 0 Å². The molecule has 0 radical (unpaired) electrons. The molecule has 3 N–H and O–H groups in total. The molecule has 0 saturated carbocycles. The summed E-state index contributed by atoms with van der Waals surface area (Å²) in [4.78, 5) is 36.3. The van der Waals surface area contributed by atoms with Gasteiger partial charge in [0.1, 0.15) is 6.04 Å². The predicted octanol–water partition coefficient (Wildman–Crippen LogP) is 5.79. The fourth-order valence-corrected chi connectivity index (χ4v) is 3.71. The van der Waals surface area contributed by atoms with Gasteiger partial charge >= 0.3 is 5.97 Å². The van der Waals surface area contributed by atoms with E-state index in [-0.39, 0.29) is 11.8 Å². The van der Waals surface area contributed by atoms with Crippen LogP contribution in [0.15, 0.2) is 72.8 Å². The highest BCUT2D eigenvalue weighted by molar-refractivity contribution is 6.04. The van der Waals surface area contributed by atoms with Gasteiger partial charge in [0.2, 0.25) is 0 Å². The molecule has 0 bridgehead atoms. The van der Waals surface area contributed by atoms with Crippen molar-refractivity contribution in [3.8, 4) is 11.1 Å². The van der Waals surface area contributed by atoms with Crippen LogP contribution in [-0.2, 0) is 11.2 Å². The molecular formula is C29H32N2O4. The number of unbranched alkanes of at least 4 members (excludes halogenated alkanes) is 1. The Morgan fingerprint density at radius 1 is 0.771 bits per heavy atom. The van der Waals surface area contributed by atoms with Crippen molar-refractivity contribution in [3.63, 3.8) is 0 Å². The summed E-state index contributed by atoms with van der Waals surface area (Å²) in [6, 6.07) is 21.2. The molecule has 6 nitrogen and oxygen atoms in total. The number of anilines is 1. The monoisotopic (exact) mass is 472 g/mol. The number of nitrogens with one attached hydrogen (secondary N) is 2. The number of rotatable bonds is 10. The van der Waals surface area contributed by atoms with E-state index in [1.54, 1.807) is 26.0 Å². The highest BCUT2D eigenvalue weighted by Gasteiger charge is 2.23. The molecular weight excluding hydrogens is 440 g/mol. The Morgan fingerprint density at radius 2 is 1.29 bits per heavy atom. The lowest BCUT2D eigenvalue weighted by molar-refractivity contribution is -0.140. The summed E-state index contributed by atoms with van der Waals surface area (Å²) in [7, 11) is 0. The van der Waals surface area contributed by atoms with Crippen LogP contribution in [0.1, 0.15) is 59.9 Å². The second-order valence-electron chi connectivity index (χ2n) is 8.94. The average Bonchev–Trinajstić information content (AvgIpc) is 2.86. The van der Waals surface area contributed by atoms with Gasteiger partial charge in [0, 0.05) is 16.8 Å². The maximum absolute atomic E-state index is 12.6. The quantitative estimate of drug-likeness (QED) is 0.348. The van der Waals surface area contributed by atoms with Gasteiger partial charge in [-0.2, -0.15) is 0 Å². The number of amides is 2. The fourth-order valence-electron chi connectivity index (χ4n) is 3.71. The van der Waals surface area contributed by atoms with E-state index >= 15 is 0 Å². The average molecular weight is 473 g/mol. The third-order valence-electron chi connectivity index (χ3n) is 5.88. The molecule has 182 valence electrons. The summed E-state index contributed by atoms with van der Waals surface area (Å²) in [5, 5.41) is 14.8. The van der Waals surface area contributed by atoms with Gasteiger partial charge in [0.25, 0.3) is 11.8 Å². The first-order chi connectivity index (χ1) is 16.8. The maximum atomic E-state index is 12.6. The molecule has 0 aliphatic heterocycles. The van der Waals surface area contributed by atoms with Crippen molar-refractivity contribution in [1.82, 2.24) is 5.32 Å². The molecule has 0 fully saturated rings.